The van der Waals surface area contributed by atoms with Crippen LogP contribution in [-0.2, 0) is 16.8 Å². The van der Waals surface area contributed by atoms with Gasteiger partial charge < -0.3 is 10.4 Å². The highest BCUT2D eigenvalue weighted by Crippen LogP contribution is 2.36. The molecule has 0 spiro atoms. The van der Waals surface area contributed by atoms with E-state index in [9.17, 15) is 9.90 Å². The molecule has 0 unspecified atom stereocenters. The van der Waals surface area contributed by atoms with Crippen molar-refractivity contribution in [2.75, 3.05) is 6.54 Å². The molecule has 20 heavy (non-hydrogen) atoms. The Bertz CT molecular complexity index is 538. The number of hydrogen-bond donors (Lipinski definition) is 2. The summed E-state index contributed by atoms with van der Waals surface area (Å²) < 4.78 is 0. The van der Waals surface area contributed by atoms with Crippen molar-refractivity contribution in [2.45, 2.75) is 37.7 Å². The van der Waals surface area contributed by atoms with Crippen molar-refractivity contribution >= 4 is 5.91 Å². The van der Waals surface area contributed by atoms with Crippen molar-refractivity contribution < 1.29 is 9.90 Å². The highest BCUT2D eigenvalue weighted by Gasteiger charge is 2.37. The van der Waals surface area contributed by atoms with E-state index < -0.39 is 5.60 Å². The quantitative estimate of drug-likeness (QED) is 0.829. The molecule has 2 aliphatic carbocycles. The Morgan fingerprint density at radius 1 is 1.35 bits per heavy atom. The Morgan fingerprint density at radius 3 is 3.00 bits per heavy atom. The minimum Gasteiger partial charge on any atom is -0.383 e. The number of aryl methyl sites for hydroxylation is 1. The van der Waals surface area contributed by atoms with Gasteiger partial charge in [-0.1, -0.05) is 36.4 Å². The van der Waals surface area contributed by atoms with Crippen LogP contribution >= 0.6 is 0 Å². The van der Waals surface area contributed by atoms with Crippen molar-refractivity contribution in [1.82, 2.24) is 5.32 Å². The van der Waals surface area contributed by atoms with Crippen LogP contribution in [0.3, 0.4) is 0 Å². The SMILES string of the molecule is O=C(NC[C@]1(O)CCc2ccccc21)[C@@H]1CC=CCC1. The van der Waals surface area contributed by atoms with E-state index in [2.05, 4.69) is 23.5 Å². The highest BCUT2D eigenvalue weighted by molar-refractivity contribution is 5.79. The van der Waals surface area contributed by atoms with Gasteiger partial charge in [0.1, 0.15) is 5.60 Å². The predicted molar refractivity (Wildman–Crippen MR) is 78.2 cm³/mol. The summed E-state index contributed by atoms with van der Waals surface area (Å²) in [7, 11) is 0. The summed E-state index contributed by atoms with van der Waals surface area (Å²) in [6.45, 7) is 0.322. The predicted octanol–water partition coefficient (Wildman–Crippen LogP) is 2.29. The smallest absolute Gasteiger partial charge is 0.223 e. The van der Waals surface area contributed by atoms with E-state index in [0.29, 0.717) is 13.0 Å². The van der Waals surface area contributed by atoms with Crippen LogP contribution in [0.2, 0.25) is 0 Å². The van der Waals surface area contributed by atoms with E-state index in [-0.39, 0.29) is 11.8 Å². The molecule has 1 aromatic rings. The molecule has 106 valence electrons. The van der Waals surface area contributed by atoms with E-state index in [4.69, 9.17) is 0 Å². The van der Waals surface area contributed by atoms with Gasteiger partial charge in [0, 0.05) is 5.92 Å². The summed E-state index contributed by atoms with van der Waals surface area (Å²) in [5.74, 6) is 0.146. The van der Waals surface area contributed by atoms with E-state index >= 15 is 0 Å². The molecule has 0 saturated heterocycles. The first kappa shape index (κ1) is 13.4. The summed E-state index contributed by atoms with van der Waals surface area (Å²) in [5.41, 5.74) is 1.28. The molecule has 3 heteroatoms. The van der Waals surface area contributed by atoms with Gasteiger partial charge in [-0.05, 0) is 43.2 Å². The Morgan fingerprint density at radius 2 is 2.20 bits per heavy atom. The molecule has 0 fully saturated rings. The lowest BCUT2D eigenvalue weighted by molar-refractivity contribution is -0.126. The standard InChI is InChI=1S/C17H21NO2/c19-16(14-7-2-1-3-8-14)18-12-17(20)11-10-13-6-4-5-9-15(13)17/h1-2,4-6,9,14,20H,3,7-8,10-12H2,(H,18,19)/t14-,17-/m1/s1. The summed E-state index contributed by atoms with van der Waals surface area (Å²) in [6.07, 6.45) is 8.49. The van der Waals surface area contributed by atoms with Crippen molar-refractivity contribution in [1.29, 1.82) is 0 Å². The summed E-state index contributed by atoms with van der Waals surface area (Å²) in [4.78, 5) is 12.2. The number of carbonyl (C=O) groups is 1. The summed E-state index contributed by atoms with van der Waals surface area (Å²) in [5, 5.41) is 13.7. The second kappa shape index (κ2) is 5.41. The normalized spacial score (nSPS) is 28.1. The molecule has 0 radical (unpaired) electrons. The van der Waals surface area contributed by atoms with Crippen LogP contribution in [0.25, 0.3) is 0 Å². The van der Waals surface area contributed by atoms with Crippen LogP contribution in [0.4, 0.5) is 0 Å². The maximum absolute atomic E-state index is 12.2. The molecule has 2 aliphatic rings. The van der Waals surface area contributed by atoms with E-state index in [1.807, 2.05) is 18.2 Å². The van der Waals surface area contributed by atoms with Crippen molar-refractivity contribution in [3.63, 3.8) is 0 Å². The first-order valence-corrected chi connectivity index (χ1v) is 7.42. The van der Waals surface area contributed by atoms with Crippen LogP contribution in [0.15, 0.2) is 36.4 Å². The third kappa shape index (κ3) is 2.50. The van der Waals surface area contributed by atoms with Gasteiger partial charge in [0.25, 0.3) is 0 Å². The molecule has 0 saturated carbocycles. The number of carbonyl (C=O) groups excluding carboxylic acids is 1. The molecule has 0 heterocycles. The molecular weight excluding hydrogens is 250 g/mol. The van der Waals surface area contributed by atoms with Crippen LogP contribution in [0.1, 0.15) is 36.8 Å². The Balaban J connectivity index is 1.64. The minimum absolute atomic E-state index is 0.0697. The van der Waals surface area contributed by atoms with Crippen molar-refractivity contribution in [3.05, 3.63) is 47.5 Å². The maximum atomic E-state index is 12.2. The first-order chi connectivity index (χ1) is 9.69. The van der Waals surface area contributed by atoms with Crippen LogP contribution < -0.4 is 5.32 Å². The number of allylic oxidation sites excluding steroid dienone is 2. The van der Waals surface area contributed by atoms with Gasteiger partial charge >= 0.3 is 0 Å². The number of hydrogen-bond acceptors (Lipinski definition) is 2. The fraction of sp³-hybridized carbons (Fsp3) is 0.471. The zero-order valence-electron chi connectivity index (χ0n) is 11.6. The molecule has 3 rings (SSSR count). The molecule has 1 aromatic carbocycles. The van der Waals surface area contributed by atoms with Gasteiger partial charge in [0.2, 0.25) is 5.91 Å². The topological polar surface area (TPSA) is 49.3 Å². The first-order valence-electron chi connectivity index (χ1n) is 7.42. The second-order valence-electron chi connectivity index (χ2n) is 5.89. The average molecular weight is 271 g/mol. The number of benzene rings is 1. The monoisotopic (exact) mass is 271 g/mol. The van der Waals surface area contributed by atoms with Gasteiger partial charge in [-0.15, -0.1) is 0 Å². The minimum atomic E-state index is -0.892. The molecule has 0 bridgehead atoms. The van der Waals surface area contributed by atoms with Crippen LogP contribution in [0, 0.1) is 5.92 Å². The molecule has 1 amide bonds. The van der Waals surface area contributed by atoms with Gasteiger partial charge in [-0.3, -0.25) is 4.79 Å². The van der Waals surface area contributed by atoms with Gasteiger partial charge in [-0.25, -0.2) is 0 Å². The fourth-order valence-corrected chi connectivity index (χ4v) is 3.26. The molecule has 2 N–H and O–H groups in total. The van der Waals surface area contributed by atoms with Crippen LogP contribution in [0.5, 0.6) is 0 Å². The zero-order valence-corrected chi connectivity index (χ0v) is 11.6. The maximum Gasteiger partial charge on any atom is 0.223 e. The largest absolute Gasteiger partial charge is 0.383 e. The Hall–Kier alpha value is -1.61. The van der Waals surface area contributed by atoms with Gasteiger partial charge in [-0.2, -0.15) is 0 Å². The number of nitrogens with one attached hydrogen (secondary N) is 1. The Labute approximate surface area is 119 Å². The highest BCUT2D eigenvalue weighted by atomic mass is 16.3. The number of fused-ring (bicyclic) bond motifs is 1. The van der Waals surface area contributed by atoms with Gasteiger partial charge in [0.15, 0.2) is 0 Å². The molecule has 2 atom stereocenters. The van der Waals surface area contributed by atoms with Crippen molar-refractivity contribution in [3.8, 4) is 0 Å². The number of rotatable bonds is 3. The van der Waals surface area contributed by atoms with Gasteiger partial charge in [0.05, 0.1) is 6.54 Å². The lowest BCUT2D eigenvalue weighted by atomic mass is 9.92. The number of amides is 1. The lowest BCUT2D eigenvalue weighted by Gasteiger charge is -2.26. The molecule has 0 aromatic heterocycles. The van der Waals surface area contributed by atoms with Crippen LogP contribution in [-0.4, -0.2) is 17.6 Å². The summed E-state index contributed by atoms with van der Waals surface area (Å²) in [6, 6.07) is 7.97. The second-order valence-corrected chi connectivity index (χ2v) is 5.89. The third-order valence-electron chi connectivity index (χ3n) is 4.52. The Kier molecular flexibility index (Phi) is 3.62. The van der Waals surface area contributed by atoms with E-state index in [1.165, 1.54) is 5.56 Å². The third-order valence-corrected chi connectivity index (χ3v) is 4.52. The zero-order chi connectivity index (χ0) is 14.0. The van der Waals surface area contributed by atoms with E-state index in [0.717, 1.165) is 31.2 Å². The molecular formula is C17H21NO2. The van der Waals surface area contributed by atoms with E-state index in [1.54, 1.807) is 0 Å². The summed E-state index contributed by atoms with van der Waals surface area (Å²) >= 11 is 0. The average Bonchev–Trinajstić information content (AvgIpc) is 2.84. The molecule has 3 nitrogen and oxygen atoms in total. The van der Waals surface area contributed by atoms with Crippen molar-refractivity contribution in [2.24, 2.45) is 5.92 Å². The lowest BCUT2D eigenvalue weighted by Crippen LogP contribution is -2.41. The molecule has 0 aliphatic heterocycles. The number of aliphatic hydroxyl groups is 1. The fourth-order valence-electron chi connectivity index (χ4n) is 3.26.